The molecule has 1 atom stereocenters. The molecule has 0 saturated carbocycles. The topological polar surface area (TPSA) is 102 Å². The van der Waals surface area contributed by atoms with Crippen molar-refractivity contribution in [2.24, 2.45) is 12.1 Å². The molecule has 0 bridgehead atoms. The zero-order valence-electron chi connectivity index (χ0n) is 18.0. The number of anilines is 1. The first-order chi connectivity index (χ1) is 16.3. The van der Waals surface area contributed by atoms with Gasteiger partial charge in [0.15, 0.2) is 11.6 Å². The van der Waals surface area contributed by atoms with Gasteiger partial charge < -0.3 is 15.4 Å². The minimum atomic E-state index is -0.724. The van der Waals surface area contributed by atoms with Gasteiger partial charge in [-0.05, 0) is 17.7 Å². The van der Waals surface area contributed by atoms with Crippen LogP contribution in [0.15, 0.2) is 41.8 Å². The smallest absolute Gasteiger partial charge is 0.341 e. The lowest BCUT2D eigenvalue weighted by molar-refractivity contribution is 0.0256. The second-order valence-corrected chi connectivity index (χ2v) is 8.10. The Kier molecular flexibility index (Phi) is 5.34. The summed E-state index contributed by atoms with van der Waals surface area (Å²) in [4.78, 5) is 18.4. The number of pyridine rings is 1. The number of ether oxygens (including phenoxy) is 1. The molecule has 2 aromatic heterocycles. The fourth-order valence-electron chi connectivity index (χ4n) is 4.04. The molecule has 1 saturated heterocycles. The van der Waals surface area contributed by atoms with E-state index in [1.165, 1.54) is 45.2 Å². The molecule has 2 aliphatic heterocycles. The van der Waals surface area contributed by atoms with Gasteiger partial charge in [-0.15, -0.1) is 0 Å². The second kappa shape index (κ2) is 8.36. The molecule has 12 heteroatoms. The number of hydrazone groups is 1. The van der Waals surface area contributed by atoms with E-state index < -0.39 is 35.6 Å². The van der Waals surface area contributed by atoms with Gasteiger partial charge in [-0.3, -0.25) is 9.67 Å². The third-order valence-corrected chi connectivity index (χ3v) is 5.74. The Hall–Kier alpha value is -4.09. The Labute approximate surface area is 192 Å². The summed E-state index contributed by atoms with van der Waals surface area (Å²) < 4.78 is 48.9. The Morgan fingerprint density at radius 2 is 1.85 bits per heavy atom. The van der Waals surface area contributed by atoms with Crippen molar-refractivity contribution in [2.45, 2.75) is 18.6 Å². The lowest BCUT2D eigenvalue weighted by Crippen LogP contribution is -2.58. The molecule has 4 heterocycles. The van der Waals surface area contributed by atoms with Crippen LogP contribution in [0.1, 0.15) is 18.0 Å². The van der Waals surface area contributed by atoms with Crippen LogP contribution in [0.3, 0.4) is 0 Å². The van der Waals surface area contributed by atoms with Crippen LogP contribution in [0, 0.1) is 17.5 Å². The molecule has 2 aliphatic rings. The van der Waals surface area contributed by atoms with E-state index in [0.717, 1.165) is 12.3 Å². The molecule has 2 amide bonds. The first kappa shape index (κ1) is 21.7. The maximum absolute atomic E-state index is 14.3. The van der Waals surface area contributed by atoms with Crippen LogP contribution >= 0.6 is 0 Å². The highest BCUT2D eigenvalue weighted by atomic mass is 19.1. The molecule has 0 spiro atoms. The number of nitrogens with two attached hydrogens (primary N) is 1. The predicted octanol–water partition coefficient (Wildman–Crippen LogP) is 3.10. The molecule has 1 fully saturated rings. The molecule has 2 N–H and O–H groups in total. The summed E-state index contributed by atoms with van der Waals surface area (Å²) in [6, 6.07) is 3.54. The quantitative estimate of drug-likeness (QED) is 0.630. The van der Waals surface area contributed by atoms with Gasteiger partial charge in [0.05, 0.1) is 42.9 Å². The minimum Gasteiger partial charge on any atom is -0.483 e. The van der Waals surface area contributed by atoms with Gasteiger partial charge in [-0.25, -0.2) is 23.0 Å². The van der Waals surface area contributed by atoms with E-state index in [1.807, 2.05) is 0 Å². The van der Waals surface area contributed by atoms with E-state index in [4.69, 9.17) is 10.5 Å². The molecule has 3 aromatic rings. The number of nitrogen functional groups attached to an aromatic ring is 1. The highest BCUT2D eigenvalue weighted by molar-refractivity contribution is 5.79. The average Bonchev–Trinajstić information content (AvgIpc) is 3.37. The second-order valence-electron chi connectivity index (χ2n) is 8.10. The minimum absolute atomic E-state index is 0.0185. The number of aromatic nitrogens is 3. The largest absolute Gasteiger partial charge is 0.483 e. The van der Waals surface area contributed by atoms with Crippen LogP contribution in [0.25, 0.3) is 11.4 Å². The lowest BCUT2D eigenvalue weighted by Gasteiger charge is -2.41. The number of hydrogen-bond acceptors (Lipinski definition) is 6. The van der Waals surface area contributed by atoms with Crippen molar-refractivity contribution in [3.63, 3.8) is 0 Å². The SMILES string of the molecule is Cn1ncc(N)c1-c1cc(OC2CN(C(=O)N3N=CCC3c3cc(F)cc(F)c3)C2)c(F)cn1. The van der Waals surface area contributed by atoms with E-state index in [9.17, 15) is 18.0 Å². The standard InChI is InChI=1S/C22H20F3N7O2/c1-30-21(17(26)9-29-30)18-7-20(16(25)8-27-18)34-15-10-31(11-15)22(33)32-19(2-3-28-32)12-4-13(23)6-14(24)5-12/h3-9,15,19H,2,10-11,26H2,1H3. The third-order valence-electron chi connectivity index (χ3n) is 5.74. The molecule has 34 heavy (non-hydrogen) atoms. The van der Waals surface area contributed by atoms with Gasteiger partial charge in [-0.2, -0.15) is 10.2 Å². The molecule has 1 aromatic carbocycles. The normalized spacial score (nSPS) is 17.8. The maximum Gasteiger partial charge on any atom is 0.341 e. The number of carbonyl (C=O) groups is 1. The molecular weight excluding hydrogens is 451 g/mol. The Morgan fingerprint density at radius 1 is 1.12 bits per heavy atom. The average molecular weight is 471 g/mol. The van der Waals surface area contributed by atoms with Gasteiger partial charge in [0, 0.05) is 31.8 Å². The highest BCUT2D eigenvalue weighted by Gasteiger charge is 2.39. The van der Waals surface area contributed by atoms with E-state index in [-0.39, 0.29) is 18.8 Å². The molecule has 0 aliphatic carbocycles. The summed E-state index contributed by atoms with van der Waals surface area (Å²) in [6.45, 7) is 0.389. The highest BCUT2D eigenvalue weighted by Crippen LogP contribution is 2.33. The molecule has 5 rings (SSSR count). The van der Waals surface area contributed by atoms with Crippen molar-refractivity contribution >= 4 is 17.9 Å². The van der Waals surface area contributed by atoms with Crippen LogP contribution in [-0.4, -0.2) is 56.1 Å². The molecule has 1 unspecified atom stereocenters. The van der Waals surface area contributed by atoms with Gasteiger partial charge in [0.2, 0.25) is 0 Å². The van der Waals surface area contributed by atoms with Crippen molar-refractivity contribution in [3.05, 3.63) is 59.7 Å². The summed E-state index contributed by atoms with van der Waals surface area (Å²) in [7, 11) is 1.69. The van der Waals surface area contributed by atoms with Crippen molar-refractivity contribution in [3.8, 4) is 17.1 Å². The first-order valence-corrected chi connectivity index (χ1v) is 10.5. The summed E-state index contributed by atoms with van der Waals surface area (Å²) in [5.41, 5.74) is 7.56. The van der Waals surface area contributed by atoms with Crippen LogP contribution in [-0.2, 0) is 7.05 Å². The number of aryl methyl sites for hydroxylation is 1. The van der Waals surface area contributed by atoms with Gasteiger partial charge in [0.25, 0.3) is 0 Å². The van der Waals surface area contributed by atoms with Crippen LogP contribution in [0.4, 0.5) is 23.7 Å². The maximum atomic E-state index is 14.3. The number of halogens is 3. The summed E-state index contributed by atoms with van der Waals surface area (Å²) in [5.74, 6) is -2.11. The van der Waals surface area contributed by atoms with Crippen LogP contribution in [0.2, 0.25) is 0 Å². The number of urea groups is 1. The molecule has 176 valence electrons. The van der Waals surface area contributed by atoms with Crippen LogP contribution < -0.4 is 10.5 Å². The molecule has 0 radical (unpaired) electrons. The van der Waals surface area contributed by atoms with Crippen molar-refractivity contribution in [1.82, 2.24) is 24.7 Å². The van der Waals surface area contributed by atoms with E-state index >= 15 is 0 Å². The Bertz CT molecular complexity index is 1250. The number of amides is 2. The number of benzene rings is 1. The third kappa shape index (κ3) is 3.91. The van der Waals surface area contributed by atoms with Crippen LogP contribution in [0.5, 0.6) is 5.75 Å². The van der Waals surface area contributed by atoms with E-state index in [2.05, 4.69) is 15.2 Å². The van der Waals surface area contributed by atoms with Gasteiger partial charge in [-0.1, -0.05) is 0 Å². The Balaban J connectivity index is 1.25. The monoisotopic (exact) mass is 471 g/mol. The number of rotatable bonds is 4. The summed E-state index contributed by atoms with van der Waals surface area (Å²) in [6.07, 6.45) is 3.93. The lowest BCUT2D eigenvalue weighted by atomic mass is 10.0. The molecular formula is C22H20F3N7O2. The van der Waals surface area contributed by atoms with E-state index in [1.54, 1.807) is 7.05 Å². The fourth-order valence-corrected chi connectivity index (χ4v) is 4.04. The summed E-state index contributed by atoms with van der Waals surface area (Å²) in [5, 5.41) is 9.33. The van der Waals surface area contributed by atoms with Gasteiger partial charge >= 0.3 is 6.03 Å². The van der Waals surface area contributed by atoms with Gasteiger partial charge in [0.1, 0.15) is 23.4 Å². The number of nitrogens with zero attached hydrogens (tertiary/aromatic N) is 6. The zero-order chi connectivity index (χ0) is 24.0. The number of likely N-dealkylation sites (tertiary alicyclic amines) is 1. The zero-order valence-corrected chi connectivity index (χ0v) is 18.0. The first-order valence-electron chi connectivity index (χ1n) is 10.5. The van der Waals surface area contributed by atoms with E-state index in [0.29, 0.717) is 29.1 Å². The Morgan fingerprint density at radius 3 is 2.53 bits per heavy atom. The summed E-state index contributed by atoms with van der Waals surface area (Å²) >= 11 is 0. The van der Waals surface area contributed by atoms with Crippen molar-refractivity contribution < 1.29 is 22.7 Å². The predicted molar refractivity (Wildman–Crippen MR) is 116 cm³/mol. The number of hydrogen-bond donors (Lipinski definition) is 1. The molecule has 9 nitrogen and oxygen atoms in total. The number of carbonyl (C=O) groups excluding carboxylic acids is 1. The fraction of sp³-hybridized carbons (Fsp3) is 0.273. The van der Waals surface area contributed by atoms with Crippen molar-refractivity contribution in [2.75, 3.05) is 18.8 Å². The van der Waals surface area contributed by atoms with Crippen molar-refractivity contribution in [1.29, 1.82) is 0 Å².